The predicted molar refractivity (Wildman–Crippen MR) is 64.3 cm³/mol. The summed E-state index contributed by atoms with van der Waals surface area (Å²) < 4.78 is 1.94. The van der Waals surface area contributed by atoms with Gasteiger partial charge in [0.25, 0.3) is 0 Å². The number of anilines is 1. The summed E-state index contributed by atoms with van der Waals surface area (Å²) in [5.74, 6) is 1.51. The number of nitrogens with zero attached hydrogens (tertiary/aromatic N) is 4. The summed E-state index contributed by atoms with van der Waals surface area (Å²) in [4.78, 5) is 8.44. The molecule has 0 saturated heterocycles. The molecule has 0 aliphatic heterocycles. The van der Waals surface area contributed by atoms with Gasteiger partial charge in [0, 0.05) is 13.6 Å². The minimum absolute atomic E-state index is 0.671. The maximum absolute atomic E-state index is 4.35. The van der Waals surface area contributed by atoms with Crippen molar-refractivity contribution in [3.05, 3.63) is 12.5 Å². The van der Waals surface area contributed by atoms with E-state index in [0.29, 0.717) is 5.92 Å². The maximum atomic E-state index is 4.35. The molecule has 16 heavy (non-hydrogen) atoms. The van der Waals surface area contributed by atoms with E-state index in [1.165, 1.54) is 0 Å². The molecule has 2 aromatic heterocycles. The number of hydrogen-bond acceptors (Lipinski definition) is 4. The van der Waals surface area contributed by atoms with Crippen LogP contribution < -0.4 is 5.32 Å². The van der Waals surface area contributed by atoms with E-state index in [-0.39, 0.29) is 0 Å². The van der Waals surface area contributed by atoms with Crippen LogP contribution in [0.25, 0.3) is 11.0 Å². The number of aryl methyl sites for hydroxylation is 1. The van der Waals surface area contributed by atoms with Gasteiger partial charge in [0.1, 0.15) is 12.1 Å². The number of rotatable bonds is 4. The molecule has 0 aliphatic carbocycles. The zero-order valence-corrected chi connectivity index (χ0v) is 9.94. The van der Waals surface area contributed by atoms with Gasteiger partial charge in [-0.15, -0.1) is 0 Å². The molecule has 0 amide bonds. The third kappa shape index (κ3) is 1.98. The molecule has 0 spiro atoms. The topological polar surface area (TPSA) is 55.6 Å². The Morgan fingerprint density at radius 3 is 2.88 bits per heavy atom. The third-order valence-electron chi connectivity index (χ3n) is 2.59. The summed E-state index contributed by atoms with van der Waals surface area (Å²) in [6.07, 6.45) is 4.50. The van der Waals surface area contributed by atoms with E-state index in [1.54, 1.807) is 6.33 Å². The monoisotopic (exact) mass is 219 g/mol. The van der Waals surface area contributed by atoms with E-state index >= 15 is 0 Å². The average molecular weight is 219 g/mol. The van der Waals surface area contributed by atoms with Crippen LogP contribution in [-0.4, -0.2) is 26.8 Å². The quantitative estimate of drug-likeness (QED) is 0.853. The molecule has 0 aromatic carbocycles. The lowest BCUT2D eigenvalue weighted by atomic mass is 10.1. The summed E-state index contributed by atoms with van der Waals surface area (Å²) in [6, 6.07) is 0. The first kappa shape index (κ1) is 10.9. The molecule has 5 nitrogen and oxygen atoms in total. The van der Waals surface area contributed by atoms with Crippen molar-refractivity contribution in [1.29, 1.82) is 0 Å². The van der Waals surface area contributed by atoms with Crippen LogP contribution in [0.4, 0.5) is 5.82 Å². The molecule has 0 fully saturated rings. The maximum Gasteiger partial charge on any atom is 0.163 e. The molecule has 2 heterocycles. The van der Waals surface area contributed by atoms with E-state index in [0.717, 1.165) is 29.8 Å². The third-order valence-corrected chi connectivity index (χ3v) is 2.59. The van der Waals surface area contributed by atoms with Gasteiger partial charge < -0.3 is 5.32 Å². The SMILES string of the molecule is CNc1ncnc2c1cnn2CCC(C)C. The van der Waals surface area contributed by atoms with E-state index in [4.69, 9.17) is 0 Å². The Bertz CT molecular complexity index is 474. The van der Waals surface area contributed by atoms with Crippen LogP contribution in [0.5, 0.6) is 0 Å². The predicted octanol–water partition coefficient (Wildman–Crippen LogP) is 1.91. The van der Waals surface area contributed by atoms with Crippen LogP contribution in [-0.2, 0) is 6.54 Å². The highest BCUT2D eigenvalue weighted by Crippen LogP contribution is 2.18. The smallest absolute Gasteiger partial charge is 0.163 e. The molecular formula is C11H17N5. The fourth-order valence-corrected chi connectivity index (χ4v) is 1.64. The van der Waals surface area contributed by atoms with Crippen LogP contribution in [0.2, 0.25) is 0 Å². The Morgan fingerprint density at radius 2 is 2.19 bits per heavy atom. The van der Waals surface area contributed by atoms with Gasteiger partial charge in [-0.25, -0.2) is 14.6 Å². The highest BCUT2D eigenvalue weighted by atomic mass is 15.3. The summed E-state index contributed by atoms with van der Waals surface area (Å²) in [5.41, 5.74) is 0.903. The highest BCUT2D eigenvalue weighted by Gasteiger charge is 2.08. The van der Waals surface area contributed by atoms with Crippen molar-refractivity contribution in [3.8, 4) is 0 Å². The molecule has 2 aromatic rings. The molecule has 0 radical (unpaired) electrons. The van der Waals surface area contributed by atoms with Crippen molar-refractivity contribution in [3.63, 3.8) is 0 Å². The second-order valence-electron chi connectivity index (χ2n) is 4.26. The second-order valence-corrected chi connectivity index (χ2v) is 4.26. The largest absolute Gasteiger partial charge is 0.372 e. The zero-order chi connectivity index (χ0) is 11.5. The van der Waals surface area contributed by atoms with Gasteiger partial charge in [0.15, 0.2) is 5.65 Å². The lowest BCUT2D eigenvalue weighted by Gasteiger charge is -2.05. The van der Waals surface area contributed by atoms with Gasteiger partial charge in [-0.05, 0) is 12.3 Å². The Hall–Kier alpha value is -1.65. The molecule has 86 valence electrons. The minimum atomic E-state index is 0.671. The fourth-order valence-electron chi connectivity index (χ4n) is 1.64. The van der Waals surface area contributed by atoms with Crippen molar-refractivity contribution in [2.75, 3.05) is 12.4 Å². The number of aromatic nitrogens is 4. The summed E-state index contributed by atoms with van der Waals surface area (Å²) in [6.45, 7) is 5.32. The van der Waals surface area contributed by atoms with Crippen molar-refractivity contribution < 1.29 is 0 Å². The molecule has 0 aliphatic rings. The van der Waals surface area contributed by atoms with Crippen LogP contribution in [0.15, 0.2) is 12.5 Å². The van der Waals surface area contributed by atoms with Crippen LogP contribution in [0, 0.1) is 5.92 Å². The van der Waals surface area contributed by atoms with Crippen molar-refractivity contribution in [2.24, 2.45) is 5.92 Å². The molecule has 0 unspecified atom stereocenters. The Morgan fingerprint density at radius 1 is 1.38 bits per heavy atom. The Balaban J connectivity index is 2.34. The van der Waals surface area contributed by atoms with Gasteiger partial charge in [-0.2, -0.15) is 5.10 Å². The minimum Gasteiger partial charge on any atom is -0.372 e. The van der Waals surface area contributed by atoms with Gasteiger partial charge in [0.05, 0.1) is 11.6 Å². The van der Waals surface area contributed by atoms with Crippen LogP contribution in [0.1, 0.15) is 20.3 Å². The molecule has 0 saturated carbocycles. The lowest BCUT2D eigenvalue weighted by molar-refractivity contribution is 0.494. The van der Waals surface area contributed by atoms with E-state index in [1.807, 2.05) is 17.9 Å². The first-order valence-corrected chi connectivity index (χ1v) is 5.56. The van der Waals surface area contributed by atoms with Gasteiger partial charge in [-0.1, -0.05) is 13.8 Å². The molecule has 2 rings (SSSR count). The first-order valence-electron chi connectivity index (χ1n) is 5.56. The number of nitrogens with one attached hydrogen (secondary N) is 1. The Kier molecular flexibility index (Phi) is 3.03. The van der Waals surface area contributed by atoms with E-state index in [9.17, 15) is 0 Å². The number of fused-ring (bicyclic) bond motifs is 1. The molecule has 0 atom stereocenters. The van der Waals surface area contributed by atoms with Gasteiger partial charge in [-0.3, -0.25) is 0 Å². The second kappa shape index (κ2) is 4.47. The van der Waals surface area contributed by atoms with Crippen LogP contribution >= 0.6 is 0 Å². The Labute approximate surface area is 94.9 Å². The standard InChI is InChI=1S/C11H17N5/c1-8(2)4-5-16-11-9(6-15-16)10(12-3)13-7-14-11/h6-8H,4-5H2,1-3H3,(H,12,13,14). The van der Waals surface area contributed by atoms with Crippen molar-refractivity contribution >= 4 is 16.9 Å². The first-order chi connectivity index (χ1) is 7.72. The molecule has 5 heteroatoms. The van der Waals surface area contributed by atoms with Crippen molar-refractivity contribution in [1.82, 2.24) is 19.7 Å². The molecular weight excluding hydrogens is 202 g/mol. The van der Waals surface area contributed by atoms with Gasteiger partial charge in [0.2, 0.25) is 0 Å². The summed E-state index contributed by atoms with van der Waals surface area (Å²) >= 11 is 0. The molecule has 0 bridgehead atoms. The zero-order valence-electron chi connectivity index (χ0n) is 9.94. The number of hydrogen-bond donors (Lipinski definition) is 1. The van der Waals surface area contributed by atoms with Crippen LogP contribution in [0.3, 0.4) is 0 Å². The normalized spacial score (nSPS) is 11.2. The summed E-state index contributed by atoms with van der Waals surface area (Å²) in [5, 5.41) is 8.37. The lowest BCUT2D eigenvalue weighted by Crippen LogP contribution is -2.04. The average Bonchev–Trinajstić information content (AvgIpc) is 2.69. The van der Waals surface area contributed by atoms with E-state index < -0.39 is 0 Å². The molecule has 1 N–H and O–H groups in total. The summed E-state index contributed by atoms with van der Waals surface area (Å²) in [7, 11) is 1.85. The highest BCUT2D eigenvalue weighted by molar-refractivity contribution is 5.85. The fraction of sp³-hybridized carbons (Fsp3) is 0.545. The van der Waals surface area contributed by atoms with Gasteiger partial charge >= 0.3 is 0 Å². The van der Waals surface area contributed by atoms with E-state index in [2.05, 4.69) is 34.2 Å². The van der Waals surface area contributed by atoms with Crippen molar-refractivity contribution in [2.45, 2.75) is 26.8 Å².